The van der Waals surface area contributed by atoms with Crippen molar-refractivity contribution in [2.45, 2.75) is 18.7 Å². The van der Waals surface area contributed by atoms with Crippen LogP contribution in [0, 0.1) is 6.92 Å². The van der Waals surface area contributed by atoms with Crippen LogP contribution in [0.2, 0.25) is 0 Å². The molecular formula is C18H15NO5S. The molecule has 6 nitrogen and oxygen atoms in total. The van der Waals surface area contributed by atoms with Gasteiger partial charge in [-0.05, 0) is 49.8 Å². The van der Waals surface area contributed by atoms with Gasteiger partial charge >= 0.3 is 16.1 Å². The maximum atomic E-state index is 12.3. The summed E-state index contributed by atoms with van der Waals surface area (Å²) in [6.45, 7) is 3.54. The molecule has 2 aromatic carbocycles. The number of carbonyl (C=O) groups is 1. The Morgan fingerprint density at radius 1 is 1.00 bits per heavy atom. The minimum atomic E-state index is -3.89. The van der Waals surface area contributed by atoms with E-state index in [1.54, 1.807) is 37.3 Å². The highest BCUT2D eigenvalue weighted by atomic mass is 32.2. The molecule has 1 aliphatic heterocycles. The smallest absolute Gasteiger partial charge is 0.367 e. The SMILES string of the molecule is CC1=NOC(=O)C1=Cc1ccc(OS(=O)(=O)c2ccc(C)cc2)cc1. The average Bonchev–Trinajstić information content (AvgIpc) is 2.89. The zero-order chi connectivity index (χ0) is 18.0. The Bertz CT molecular complexity index is 971. The Morgan fingerprint density at radius 3 is 2.20 bits per heavy atom. The summed E-state index contributed by atoms with van der Waals surface area (Å²) in [4.78, 5) is 16.2. The topological polar surface area (TPSA) is 82.0 Å². The van der Waals surface area contributed by atoms with Gasteiger partial charge in [-0.3, -0.25) is 0 Å². The third kappa shape index (κ3) is 3.77. The lowest BCUT2D eigenvalue weighted by atomic mass is 10.1. The van der Waals surface area contributed by atoms with Gasteiger partial charge in [0.15, 0.2) is 0 Å². The van der Waals surface area contributed by atoms with Crippen molar-refractivity contribution in [2.75, 3.05) is 0 Å². The summed E-state index contributed by atoms with van der Waals surface area (Å²) in [6, 6.07) is 12.7. The summed E-state index contributed by atoms with van der Waals surface area (Å²) in [6.07, 6.45) is 1.62. The summed E-state index contributed by atoms with van der Waals surface area (Å²) in [5.74, 6) is -0.332. The summed E-state index contributed by atoms with van der Waals surface area (Å²) in [7, 11) is -3.89. The van der Waals surface area contributed by atoms with Gasteiger partial charge in [-0.15, -0.1) is 0 Å². The van der Waals surface area contributed by atoms with E-state index >= 15 is 0 Å². The van der Waals surface area contributed by atoms with Crippen LogP contribution in [0.5, 0.6) is 5.75 Å². The van der Waals surface area contributed by atoms with Gasteiger partial charge in [-0.25, -0.2) is 4.79 Å². The van der Waals surface area contributed by atoms with Crippen LogP contribution in [0.4, 0.5) is 0 Å². The molecule has 0 N–H and O–H groups in total. The Morgan fingerprint density at radius 2 is 1.64 bits per heavy atom. The lowest BCUT2D eigenvalue weighted by Crippen LogP contribution is -2.09. The van der Waals surface area contributed by atoms with Crippen molar-refractivity contribution in [2.24, 2.45) is 5.16 Å². The van der Waals surface area contributed by atoms with Crippen molar-refractivity contribution in [1.29, 1.82) is 0 Å². The zero-order valence-corrected chi connectivity index (χ0v) is 14.4. The van der Waals surface area contributed by atoms with Gasteiger partial charge in [0.1, 0.15) is 10.6 Å². The molecule has 3 rings (SSSR count). The normalized spacial score (nSPS) is 15.8. The van der Waals surface area contributed by atoms with E-state index in [-0.39, 0.29) is 10.6 Å². The van der Waals surface area contributed by atoms with E-state index in [1.807, 2.05) is 6.92 Å². The molecule has 0 fully saturated rings. The number of nitrogens with zero attached hydrogens (tertiary/aromatic N) is 1. The standard InChI is InChI=1S/C18H15NO5S/c1-12-3-9-16(10-4-12)25(21,22)24-15-7-5-14(6-8-15)11-17-13(2)19-23-18(17)20/h3-11H,1-2H3. The summed E-state index contributed by atoms with van der Waals surface area (Å²) < 4.78 is 29.6. The monoisotopic (exact) mass is 357 g/mol. The Labute approximate surface area is 145 Å². The number of rotatable bonds is 4. The molecule has 0 saturated heterocycles. The first kappa shape index (κ1) is 16.9. The first-order valence-corrected chi connectivity index (χ1v) is 8.85. The molecule has 0 atom stereocenters. The Balaban J connectivity index is 1.79. The summed E-state index contributed by atoms with van der Waals surface area (Å²) in [5, 5.41) is 3.60. The number of benzene rings is 2. The number of aryl methyl sites for hydroxylation is 1. The van der Waals surface area contributed by atoms with Gasteiger partial charge < -0.3 is 9.02 Å². The van der Waals surface area contributed by atoms with E-state index in [9.17, 15) is 13.2 Å². The van der Waals surface area contributed by atoms with Crippen LogP contribution < -0.4 is 4.18 Å². The molecule has 1 aliphatic rings. The third-order valence-corrected chi connectivity index (χ3v) is 4.84. The lowest BCUT2D eigenvalue weighted by molar-refractivity contribution is -0.136. The van der Waals surface area contributed by atoms with E-state index in [0.717, 1.165) is 5.56 Å². The minimum Gasteiger partial charge on any atom is -0.379 e. The van der Waals surface area contributed by atoms with Gasteiger partial charge in [0.25, 0.3) is 0 Å². The lowest BCUT2D eigenvalue weighted by Gasteiger charge is -2.07. The molecule has 7 heteroatoms. The van der Waals surface area contributed by atoms with E-state index in [0.29, 0.717) is 16.8 Å². The molecule has 2 aromatic rings. The third-order valence-electron chi connectivity index (χ3n) is 3.58. The second-order valence-corrected chi connectivity index (χ2v) is 7.08. The molecule has 1 heterocycles. The van der Waals surface area contributed by atoms with E-state index in [2.05, 4.69) is 9.99 Å². The fourth-order valence-corrected chi connectivity index (χ4v) is 3.12. The molecule has 0 aromatic heterocycles. The second kappa shape index (κ2) is 6.52. The molecule has 25 heavy (non-hydrogen) atoms. The quantitative estimate of drug-likeness (QED) is 0.477. The second-order valence-electron chi connectivity index (χ2n) is 5.53. The molecule has 128 valence electrons. The largest absolute Gasteiger partial charge is 0.379 e. The van der Waals surface area contributed by atoms with Gasteiger partial charge in [0.05, 0.1) is 11.3 Å². The maximum Gasteiger partial charge on any atom is 0.367 e. The molecule has 0 aliphatic carbocycles. The van der Waals surface area contributed by atoms with Crippen LogP contribution in [0.15, 0.2) is 64.2 Å². The molecule has 0 spiro atoms. The van der Waals surface area contributed by atoms with Gasteiger partial charge in [0, 0.05) is 0 Å². The predicted molar refractivity (Wildman–Crippen MR) is 92.6 cm³/mol. The molecule has 0 unspecified atom stereocenters. The van der Waals surface area contributed by atoms with Crippen LogP contribution >= 0.6 is 0 Å². The van der Waals surface area contributed by atoms with Crippen molar-refractivity contribution in [3.05, 3.63) is 65.2 Å². The molecular weight excluding hydrogens is 342 g/mol. The first-order chi connectivity index (χ1) is 11.8. The summed E-state index contributed by atoms with van der Waals surface area (Å²) in [5.41, 5.74) is 2.51. The van der Waals surface area contributed by atoms with Crippen molar-refractivity contribution < 1.29 is 22.2 Å². The number of hydrogen-bond acceptors (Lipinski definition) is 6. The van der Waals surface area contributed by atoms with Crippen molar-refractivity contribution in [3.63, 3.8) is 0 Å². The van der Waals surface area contributed by atoms with E-state index in [4.69, 9.17) is 4.18 Å². The van der Waals surface area contributed by atoms with Crippen molar-refractivity contribution >= 4 is 27.9 Å². The van der Waals surface area contributed by atoms with Gasteiger partial charge in [-0.1, -0.05) is 35.0 Å². The highest BCUT2D eigenvalue weighted by molar-refractivity contribution is 7.87. The van der Waals surface area contributed by atoms with Crippen LogP contribution in [-0.4, -0.2) is 20.1 Å². The van der Waals surface area contributed by atoms with Crippen LogP contribution in [-0.2, 0) is 19.8 Å². The van der Waals surface area contributed by atoms with E-state index < -0.39 is 16.1 Å². The minimum absolute atomic E-state index is 0.0878. The number of oxime groups is 1. The molecule has 0 radical (unpaired) electrons. The Hall–Kier alpha value is -2.93. The van der Waals surface area contributed by atoms with Gasteiger partial charge in [-0.2, -0.15) is 8.42 Å². The van der Waals surface area contributed by atoms with Crippen molar-refractivity contribution in [1.82, 2.24) is 0 Å². The first-order valence-electron chi connectivity index (χ1n) is 7.44. The van der Waals surface area contributed by atoms with Gasteiger partial charge in [0.2, 0.25) is 0 Å². The molecule has 0 amide bonds. The average molecular weight is 357 g/mol. The number of carbonyl (C=O) groups excluding carboxylic acids is 1. The molecule has 0 saturated carbocycles. The van der Waals surface area contributed by atoms with Crippen LogP contribution in [0.1, 0.15) is 18.1 Å². The maximum absolute atomic E-state index is 12.3. The Kier molecular flexibility index (Phi) is 4.41. The zero-order valence-electron chi connectivity index (χ0n) is 13.6. The summed E-state index contributed by atoms with van der Waals surface area (Å²) >= 11 is 0. The van der Waals surface area contributed by atoms with E-state index in [1.165, 1.54) is 24.3 Å². The predicted octanol–water partition coefficient (Wildman–Crippen LogP) is 3.08. The highest BCUT2D eigenvalue weighted by Crippen LogP contribution is 2.21. The van der Waals surface area contributed by atoms with Crippen LogP contribution in [0.25, 0.3) is 6.08 Å². The fourth-order valence-electron chi connectivity index (χ4n) is 2.19. The fraction of sp³-hybridized carbons (Fsp3) is 0.111. The van der Waals surface area contributed by atoms with Crippen molar-refractivity contribution in [3.8, 4) is 5.75 Å². The van der Waals surface area contributed by atoms with Crippen LogP contribution in [0.3, 0.4) is 0 Å². The highest BCUT2D eigenvalue weighted by Gasteiger charge is 2.21. The molecule has 0 bridgehead atoms. The number of hydrogen-bond donors (Lipinski definition) is 0.